The van der Waals surface area contributed by atoms with Crippen LogP contribution in [0, 0.1) is 18.8 Å². The Morgan fingerprint density at radius 1 is 1.19 bits per heavy atom. The summed E-state index contributed by atoms with van der Waals surface area (Å²) in [7, 11) is 0. The van der Waals surface area contributed by atoms with Crippen molar-refractivity contribution in [1.29, 1.82) is 0 Å². The van der Waals surface area contributed by atoms with Crippen LogP contribution in [0.4, 0.5) is 8.78 Å². The van der Waals surface area contributed by atoms with Gasteiger partial charge < -0.3 is 14.2 Å². The molecule has 0 amide bonds. The van der Waals surface area contributed by atoms with Gasteiger partial charge in [0.1, 0.15) is 17.2 Å². The molecule has 3 unspecified atom stereocenters. The van der Waals surface area contributed by atoms with Crippen LogP contribution in [0.5, 0.6) is 5.75 Å². The van der Waals surface area contributed by atoms with Crippen molar-refractivity contribution in [1.82, 2.24) is 19.4 Å². The van der Waals surface area contributed by atoms with E-state index in [1.165, 1.54) is 0 Å². The van der Waals surface area contributed by atoms with Crippen LogP contribution in [0.15, 0.2) is 55.0 Å². The van der Waals surface area contributed by atoms with Gasteiger partial charge in [-0.2, -0.15) is 8.78 Å². The molecule has 6 rings (SSSR count). The molecular weight excluding hydrogens is 478 g/mol. The quantitative estimate of drug-likeness (QED) is 0.361. The molecule has 7 nitrogen and oxygen atoms in total. The lowest BCUT2D eigenvalue weighted by Crippen LogP contribution is -2.26. The predicted molar refractivity (Wildman–Crippen MR) is 132 cm³/mol. The largest absolute Gasteiger partial charge is 0.481 e. The summed E-state index contributed by atoms with van der Waals surface area (Å²) in [4.78, 5) is 25.4. The van der Waals surface area contributed by atoms with E-state index >= 15 is 0 Å². The molecule has 3 aromatic heterocycles. The van der Waals surface area contributed by atoms with Gasteiger partial charge in [-0.3, -0.25) is 4.79 Å². The molecule has 3 atom stereocenters. The Balaban J connectivity index is 1.27. The number of ether oxygens (including phenoxy) is 1. The second-order valence-electron chi connectivity index (χ2n) is 10.1. The van der Waals surface area contributed by atoms with Crippen molar-refractivity contribution in [2.45, 2.75) is 51.1 Å². The number of hydrogen-bond donors (Lipinski definition) is 1. The summed E-state index contributed by atoms with van der Waals surface area (Å²) in [6.45, 7) is -0.988. The third-order valence-electron chi connectivity index (χ3n) is 7.98. The van der Waals surface area contributed by atoms with Crippen LogP contribution in [0.25, 0.3) is 16.8 Å². The van der Waals surface area contributed by atoms with Crippen LogP contribution < -0.4 is 4.74 Å². The van der Waals surface area contributed by atoms with Crippen LogP contribution in [0.2, 0.25) is 0 Å². The predicted octanol–water partition coefficient (Wildman–Crippen LogP) is 5.43. The first kappa shape index (κ1) is 23.5. The minimum Gasteiger partial charge on any atom is -0.481 e. The number of carboxylic acid groups (broad SMARTS) is 1. The van der Waals surface area contributed by atoms with Crippen molar-refractivity contribution in [3.8, 4) is 16.9 Å². The number of imidazole rings is 1. The number of aromatic nitrogens is 4. The number of alkyl halides is 2. The lowest BCUT2D eigenvalue weighted by molar-refractivity contribution is -0.143. The highest BCUT2D eigenvalue weighted by Gasteiger charge is 2.60. The maximum Gasteiger partial charge on any atom is 0.387 e. The van der Waals surface area contributed by atoms with Gasteiger partial charge in [0.05, 0.1) is 11.6 Å². The number of benzene rings is 1. The fourth-order valence-electron chi connectivity index (χ4n) is 5.87. The van der Waals surface area contributed by atoms with E-state index in [0.29, 0.717) is 30.7 Å². The van der Waals surface area contributed by atoms with Crippen LogP contribution in [-0.2, 0) is 16.6 Å². The first-order valence-corrected chi connectivity index (χ1v) is 12.4. The molecule has 2 aliphatic carbocycles. The maximum atomic E-state index is 12.9. The number of hydrogen-bond acceptors (Lipinski definition) is 5. The van der Waals surface area contributed by atoms with Crippen molar-refractivity contribution in [2.75, 3.05) is 0 Å². The van der Waals surface area contributed by atoms with Gasteiger partial charge in [0.15, 0.2) is 0 Å². The Bertz CT molecular complexity index is 1490. The minimum atomic E-state index is -2.89. The Morgan fingerprint density at radius 3 is 2.70 bits per heavy atom. The molecule has 9 heteroatoms. The lowest BCUT2D eigenvalue weighted by atomic mass is 9.81. The second-order valence-corrected chi connectivity index (χ2v) is 10.1. The van der Waals surface area contributed by atoms with Gasteiger partial charge in [-0.05, 0) is 56.7 Å². The van der Waals surface area contributed by atoms with Gasteiger partial charge in [-0.25, -0.2) is 15.0 Å². The van der Waals surface area contributed by atoms with Crippen LogP contribution >= 0.6 is 0 Å². The molecule has 0 spiro atoms. The standard InChI is InChI=1S/C28H26F2N4O3/c1-16-22(11-17-4-2-3-5-23(17)37-27(29)30)34-15-19(6-7-24(34)33-16)20-13-31-26(32-14-20)28-9-8-18(25(35)36)10-21(28)12-28/h2-7,13-15,18,21,27H,8-12H2,1H3,(H,35,36). The van der Waals surface area contributed by atoms with Gasteiger partial charge in [0.2, 0.25) is 0 Å². The third-order valence-corrected chi connectivity index (χ3v) is 7.98. The van der Waals surface area contributed by atoms with Gasteiger partial charge in [-0.15, -0.1) is 0 Å². The average molecular weight is 505 g/mol. The molecule has 1 N–H and O–H groups in total. The molecule has 0 aliphatic heterocycles. The van der Waals surface area contributed by atoms with Gasteiger partial charge in [0.25, 0.3) is 0 Å². The van der Waals surface area contributed by atoms with E-state index in [1.54, 1.807) is 24.3 Å². The van der Waals surface area contributed by atoms with Crippen molar-refractivity contribution in [3.63, 3.8) is 0 Å². The highest BCUT2D eigenvalue weighted by atomic mass is 19.3. The van der Waals surface area contributed by atoms with E-state index in [0.717, 1.165) is 46.8 Å². The summed E-state index contributed by atoms with van der Waals surface area (Å²) in [5, 5.41) is 9.34. The van der Waals surface area contributed by atoms with Gasteiger partial charge >= 0.3 is 12.6 Å². The number of pyridine rings is 1. The Morgan fingerprint density at radius 2 is 1.97 bits per heavy atom. The molecule has 2 saturated carbocycles. The minimum absolute atomic E-state index is 0.0727. The van der Waals surface area contributed by atoms with Crippen molar-refractivity contribution in [2.24, 2.45) is 11.8 Å². The maximum absolute atomic E-state index is 12.9. The number of para-hydroxylation sites is 1. The molecule has 37 heavy (non-hydrogen) atoms. The number of aliphatic carboxylic acids is 1. The first-order chi connectivity index (χ1) is 17.8. The number of nitrogens with zero attached hydrogens (tertiary/aromatic N) is 4. The Hall–Kier alpha value is -3.88. The summed E-state index contributed by atoms with van der Waals surface area (Å²) in [5.41, 5.74) is 4.81. The van der Waals surface area contributed by atoms with Crippen LogP contribution in [0.1, 0.15) is 48.5 Å². The molecule has 3 heterocycles. The van der Waals surface area contributed by atoms with E-state index in [1.807, 2.05) is 42.0 Å². The molecule has 4 aromatic rings. The number of rotatable bonds is 7. The van der Waals surface area contributed by atoms with E-state index in [9.17, 15) is 18.7 Å². The van der Waals surface area contributed by atoms with Crippen molar-refractivity contribution >= 4 is 11.6 Å². The molecule has 0 radical (unpaired) electrons. The van der Waals surface area contributed by atoms with E-state index in [-0.39, 0.29) is 17.1 Å². The number of aryl methyl sites for hydroxylation is 1. The highest BCUT2D eigenvalue weighted by Crippen LogP contribution is 2.62. The SMILES string of the molecule is Cc1nc2ccc(-c3cnc(C45CCC(C(=O)O)CC4C5)nc3)cn2c1Cc1ccccc1OC(F)F. The smallest absolute Gasteiger partial charge is 0.387 e. The molecule has 2 aliphatic rings. The topological polar surface area (TPSA) is 89.6 Å². The summed E-state index contributed by atoms with van der Waals surface area (Å²) in [6.07, 6.45) is 9.14. The zero-order valence-electron chi connectivity index (χ0n) is 20.3. The molecular formula is C28H26F2N4O3. The fraction of sp³-hybridized carbons (Fsp3) is 0.357. The zero-order chi connectivity index (χ0) is 25.7. The number of carboxylic acids is 1. The molecule has 0 bridgehead atoms. The van der Waals surface area contributed by atoms with Crippen molar-refractivity contribution in [3.05, 3.63) is 77.8 Å². The Kier molecular flexibility index (Phi) is 5.66. The summed E-state index contributed by atoms with van der Waals surface area (Å²) in [5.74, 6) is 0.348. The average Bonchev–Trinajstić information content (AvgIpc) is 3.55. The summed E-state index contributed by atoms with van der Waals surface area (Å²) >= 11 is 0. The van der Waals surface area contributed by atoms with Crippen LogP contribution in [0.3, 0.4) is 0 Å². The number of fused-ring (bicyclic) bond motifs is 2. The summed E-state index contributed by atoms with van der Waals surface area (Å²) in [6, 6.07) is 10.7. The monoisotopic (exact) mass is 504 g/mol. The van der Waals surface area contributed by atoms with Crippen LogP contribution in [-0.4, -0.2) is 37.0 Å². The van der Waals surface area contributed by atoms with Crippen molar-refractivity contribution < 1.29 is 23.4 Å². The molecule has 0 saturated heterocycles. The lowest BCUT2D eigenvalue weighted by Gasteiger charge is -2.24. The highest BCUT2D eigenvalue weighted by molar-refractivity contribution is 5.70. The molecule has 1 aromatic carbocycles. The second kappa shape index (κ2) is 8.90. The van der Waals surface area contributed by atoms with Gasteiger partial charge in [0, 0.05) is 52.8 Å². The van der Waals surface area contributed by atoms with E-state index < -0.39 is 12.6 Å². The Labute approximate surface area is 212 Å². The molecule has 2 fully saturated rings. The number of carbonyl (C=O) groups is 1. The zero-order valence-corrected chi connectivity index (χ0v) is 20.3. The van der Waals surface area contributed by atoms with Gasteiger partial charge in [-0.1, -0.05) is 18.2 Å². The number of halogens is 2. The van der Waals surface area contributed by atoms with E-state index in [2.05, 4.69) is 4.98 Å². The normalized spacial score (nSPS) is 22.7. The third kappa shape index (κ3) is 4.22. The summed E-state index contributed by atoms with van der Waals surface area (Å²) < 4.78 is 32.5. The fourth-order valence-corrected chi connectivity index (χ4v) is 5.87. The van der Waals surface area contributed by atoms with E-state index in [4.69, 9.17) is 14.7 Å². The first-order valence-electron chi connectivity index (χ1n) is 12.4. The molecule has 190 valence electrons.